The molecule has 0 N–H and O–H groups in total. The van der Waals surface area contributed by atoms with Crippen molar-refractivity contribution in [2.24, 2.45) is 5.92 Å². The molecule has 1 atom stereocenters. The van der Waals surface area contributed by atoms with Crippen molar-refractivity contribution in [3.05, 3.63) is 24.4 Å². The number of hydrogen-bond acceptors (Lipinski definition) is 6. The van der Waals surface area contributed by atoms with Crippen LogP contribution >= 0.6 is 0 Å². The molecule has 0 spiro atoms. The van der Waals surface area contributed by atoms with Gasteiger partial charge in [0.15, 0.2) is 5.82 Å². The van der Waals surface area contributed by atoms with Gasteiger partial charge in [0.2, 0.25) is 5.89 Å². The number of aromatic nitrogens is 5. The van der Waals surface area contributed by atoms with Crippen molar-refractivity contribution in [3.8, 4) is 0 Å². The Labute approximate surface area is 124 Å². The minimum absolute atomic E-state index is 0.471. The Bertz CT molecular complexity index is 550. The Hall–Kier alpha value is -1.76. The molecule has 2 aromatic rings. The Morgan fingerprint density at radius 3 is 3.10 bits per heavy atom. The van der Waals surface area contributed by atoms with Crippen molar-refractivity contribution in [3.63, 3.8) is 0 Å². The molecule has 1 aliphatic heterocycles. The summed E-state index contributed by atoms with van der Waals surface area (Å²) in [6.45, 7) is 7.00. The summed E-state index contributed by atoms with van der Waals surface area (Å²) in [5, 5.41) is 8.29. The van der Waals surface area contributed by atoms with Crippen LogP contribution in [0.5, 0.6) is 0 Å². The Kier molecular flexibility index (Phi) is 4.28. The van der Waals surface area contributed by atoms with Crippen LogP contribution in [0.1, 0.15) is 38.4 Å². The predicted molar refractivity (Wildman–Crippen MR) is 76.3 cm³/mol. The Morgan fingerprint density at radius 1 is 1.43 bits per heavy atom. The normalized spacial score (nSPS) is 19.7. The molecule has 21 heavy (non-hydrogen) atoms. The van der Waals surface area contributed by atoms with Gasteiger partial charge in [-0.25, -0.2) is 4.98 Å². The van der Waals surface area contributed by atoms with Crippen LogP contribution in [0.2, 0.25) is 0 Å². The largest absolute Gasteiger partial charge is 0.339 e. The molecule has 1 aliphatic rings. The zero-order chi connectivity index (χ0) is 14.7. The van der Waals surface area contributed by atoms with Gasteiger partial charge in [-0.15, -0.1) is 0 Å². The maximum Gasteiger partial charge on any atom is 0.226 e. The molecule has 0 bridgehead atoms. The van der Waals surface area contributed by atoms with Gasteiger partial charge in [-0.3, -0.25) is 9.58 Å². The zero-order valence-electron chi connectivity index (χ0n) is 12.6. The van der Waals surface area contributed by atoms with E-state index in [1.807, 2.05) is 4.68 Å². The first-order chi connectivity index (χ1) is 10.2. The number of hydrogen-bond donors (Lipinski definition) is 0. The highest BCUT2D eigenvalue weighted by Crippen LogP contribution is 2.20. The molecule has 7 nitrogen and oxygen atoms in total. The summed E-state index contributed by atoms with van der Waals surface area (Å²) in [7, 11) is 0. The second-order valence-corrected chi connectivity index (χ2v) is 6.09. The standard InChI is InChI=1S/C14H22N6O/c1-11(2)6-14-17-13(18-21-14)8-19-5-3-4-12(19)7-20-10-15-9-16-20/h9-12H,3-8H2,1-2H3/t12-/m0/s1. The van der Waals surface area contributed by atoms with Crippen molar-refractivity contribution in [1.82, 2.24) is 29.8 Å². The first-order valence-corrected chi connectivity index (χ1v) is 7.58. The van der Waals surface area contributed by atoms with Gasteiger partial charge in [0.1, 0.15) is 12.7 Å². The van der Waals surface area contributed by atoms with Crippen molar-refractivity contribution in [2.45, 2.75) is 52.2 Å². The average Bonchev–Trinajstić information content (AvgIpc) is 3.14. The van der Waals surface area contributed by atoms with Gasteiger partial charge in [-0.2, -0.15) is 10.1 Å². The van der Waals surface area contributed by atoms with Gasteiger partial charge < -0.3 is 4.52 Å². The van der Waals surface area contributed by atoms with Crippen LogP contribution in [0.15, 0.2) is 17.2 Å². The van der Waals surface area contributed by atoms with E-state index < -0.39 is 0 Å². The Morgan fingerprint density at radius 2 is 2.33 bits per heavy atom. The number of nitrogens with zero attached hydrogens (tertiary/aromatic N) is 6. The number of likely N-dealkylation sites (tertiary alicyclic amines) is 1. The summed E-state index contributed by atoms with van der Waals surface area (Å²) in [6, 6.07) is 0.471. The Balaban J connectivity index is 1.59. The van der Waals surface area contributed by atoms with Crippen LogP contribution in [0.25, 0.3) is 0 Å². The summed E-state index contributed by atoms with van der Waals surface area (Å²) in [4.78, 5) is 10.9. The van der Waals surface area contributed by atoms with E-state index in [1.165, 1.54) is 12.8 Å². The second kappa shape index (κ2) is 6.34. The van der Waals surface area contributed by atoms with Gasteiger partial charge in [0.05, 0.1) is 13.1 Å². The molecule has 1 fully saturated rings. The smallest absolute Gasteiger partial charge is 0.226 e. The molecule has 1 saturated heterocycles. The van der Waals surface area contributed by atoms with Gasteiger partial charge in [0.25, 0.3) is 0 Å². The average molecular weight is 290 g/mol. The second-order valence-electron chi connectivity index (χ2n) is 6.09. The van der Waals surface area contributed by atoms with E-state index in [1.54, 1.807) is 12.7 Å². The molecule has 3 heterocycles. The highest BCUT2D eigenvalue weighted by Gasteiger charge is 2.26. The molecule has 0 amide bonds. The van der Waals surface area contributed by atoms with Gasteiger partial charge >= 0.3 is 0 Å². The lowest BCUT2D eigenvalue weighted by Crippen LogP contribution is -2.33. The molecule has 2 aromatic heterocycles. The van der Waals surface area contributed by atoms with E-state index in [9.17, 15) is 0 Å². The van der Waals surface area contributed by atoms with Crippen molar-refractivity contribution < 1.29 is 4.52 Å². The van der Waals surface area contributed by atoms with E-state index in [0.717, 1.165) is 37.8 Å². The van der Waals surface area contributed by atoms with E-state index in [4.69, 9.17) is 4.52 Å². The first-order valence-electron chi connectivity index (χ1n) is 7.58. The summed E-state index contributed by atoms with van der Waals surface area (Å²) >= 11 is 0. The maximum absolute atomic E-state index is 5.31. The van der Waals surface area contributed by atoms with Crippen LogP contribution in [-0.4, -0.2) is 42.4 Å². The first kappa shape index (κ1) is 14.2. The molecule has 0 radical (unpaired) electrons. The van der Waals surface area contributed by atoms with E-state index >= 15 is 0 Å². The summed E-state index contributed by atoms with van der Waals surface area (Å²) in [5.41, 5.74) is 0. The molecule has 0 unspecified atom stereocenters. The summed E-state index contributed by atoms with van der Waals surface area (Å²) in [5.74, 6) is 2.06. The molecule has 0 aromatic carbocycles. The molecular weight excluding hydrogens is 268 g/mol. The van der Waals surface area contributed by atoms with Gasteiger partial charge in [0, 0.05) is 12.5 Å². The van der Waals surface area contributed by atoms with Crippen LogP contribution in [0, 0.1) is 5.92 Å². The molecule has 0 aliphatic carbocycles. The monoisotopic (exact) mass is 290 g/mol. The van der Waals surface area contributed by atoms with E-state index in [0.29, 0.717) is 12.0 Å². The van der Waals surface area contributed by atoms with Crippen molar-refractivity contribution in [2.75, 3.05) is 6.54 Å². The highest BCUT2D eigenvalue weighted by molar-refractivity contribution is 4.90. The third-order valence-corrected chi connectivity index (χ3v) is 3.80. The van der Waals surface area contributed by atoms with Gasteiger partial charge in [-0.05, 0) is 25.3 Å². The van der Waals surface area contributed by atoms with Gasteiger partial charge in [-0.1, -0.05) is 19.0 Å². The van der Waals surface area contributed by atoms with E-state index in [-0.39, 0.29) is 0 Å². The third-order valence-electron chi connectivity index (χ3n) is 3.80. The lowest BCUT2D eigenvalue weighted by atomic mass is 10.1. The molecule has 3 rings (SSSR count). The maximum atomic E-state index is 5.31. The summed E-state index contributed by atoms with van der Waals surface area (Å²) < 4.78 is 7.20. The summed E-state index contributed by atoms with van der Waals surface area (Å²) in [6.07, 6.45) is 6.57. The van der Waals surface area contributed by atoms with Crippen LogP contribution in [0.4, 0.5) is 0 Å². The molecule has 7 heteroatoms. The van der Waals surface area contributed by atoms with E-state index in [2.05, 4.69) is 39.0 Å². The van der Waals surface area contributed by atoms with Crippen LogP contribution < -0.4 is 0 Å². The minimum Gasteiger partial charge on any atom is -0.339 e. The third kappa shape index (κ3) is 3.66. The topological polar surface area (TPSA) is 72.9 Å². The molecule has 114 valence electrons. The minimum atomic E-state index is 0.471. The van der Waals surface area contributed by atoms with Crippen molar-refractivity contribution >= 4 is 0 Å². The molecule has 0 saturated carbocycles. The van der Waals surface area contributed by atoms with Crippen LogP contribution in [0.3, 0.4) is 0 Å². The fourth-order valence-corrected chi connectivity index (χ4v) is 2.82. The van der Waals surface area contributed by atoms with Crippen molar-refractivity contribution in [1.29, 1.82) is 0 Å². The lowest BCUT2D eigenvalue weighted by Gasteiger charge is -2.22. The van der Waals surface area contributed by atoms with Crippen LogP contribution in [-0.2, 0) is 19.5 Å². The lowest BCUT2D eigenvalue weighted by molar-refractivity contribution is 0.211. The predicted octanol–water partition coefficient (Wildman–Crippen LogP) is 1.52. The fraction of sp³-hybridized carbons (Fsp3) is 0.714. The number of rotatable bonds is 6. The molecular formula is C14H22N6O. The SMILES string of the molecule is CC(C)Cc1nc(CN2CCC[C@H]2Cn2cncn2)no1. The zero-order valence-corrected chi connectivity index (χ0v) is 12.6. The fourth-order valence-electron chi connectivity index (χ4n) is 2.82. The highest BCUT2D eigenvalue weighted by atomic mass is 16.5. The quantitative estimate of drug-likeness (QED) is 0.803.